The predicted molar refractivity (Wildman–Crippen MR) is 65.1 cm³/mol. The van der Waals surface area contributed by atoms with Gasteiger partial charge in [-0.15, -0.1) is 6.58 Å². The summed E-state index contributed by atoms with van der Waals surface area (Å²) in [6.45, 7) is 3.64. The lowest BCUT2D eigenvalue weighted by atomic mass is 10.0. The van der Waals surface area contributed by atoms with Crippen molar-refractivity contribution < 1.29 is 4.39 Å². The molecular formula is C12H15BrFN. The minimum atomic E-state index is -0.250. The second-order valence-corrected chi connectivity index (χ2v) is 4.32. The molecule has 0 amide bonds. The molecule has 0 saturated carbocycles. The minimum Gasteiger partial charge on any atom is -0.324 e. The third-order valence-electron chi connectivity index (χ3n) is 2.29. The lowest BCUT2D eigenvalue weighted by molar-refractivity contribution is 0.550. The van der Waals surface area contributed by atoms with Crippen molar-refractivity contribution in [1.82, 2.24) is 0 Å². The molecule has 1 nitrogen and oxygen atoms in total. The Balaban J connectivity index is 2.72. The maximum atomic E-state index is 13.5. The summed E-state index contributed by atoms with van der Waals surface area (Å²) >= 11 is 3.32. The minimum absolute atomic E-state index is 0.240. The van der Waals surface area contributed by atoms with E-state index in [2.05, 4.69) is 22.5 Å². The summed E-state index contributed by atoms with van der Waals surface area (Å²) in [5.41, 5.74) is 6.50. The quantitative estimate of drug-likeness (QED) is 0.637. The first-order valence-electron chi connectivity index (χ1n) is 4.97. The number of hydrogen-bond acceptors (Lipinski definition) is 1. The van der Waals surface area contributed by atoms with Gasteiger partial charge in [0.2, 0.25) is 0 Å². The number of nitrogens with two attached hydrogens (primary N) is 1. The molecule has 82 valence electrons. The number of hydrogen-bond donors (Lipinski definition) is 1. The number of rotatable bonds is 5. The van der Waals surface area contributed by atoms with E-state index in [1.807, 2.05) is 12.1 Å². The van der Waals surface area contributed by atoms with E-state index in [9.17, 15) is 4.39 Å². The largest absolute Gasteiger partial charge is 0.324 e. The van der Waals surface area contributed by atoms with Gasteiger partial charge in [0.1, 0.15) is 5.82 Å². The van der Waals surface area contributed by atoms with Crippen molar-refractivity contribution in [2.45, 2.75) is 25.3 Å². The van der Waals surface area contributed by atoms with Gasteiger partial charge in [0.15, 0.2) is 0 Å². The summed E-state index contributed by atoms with van der Waals surface area (Å²) < 4.78 is 14.2. The first-order valence-corrected chi connectivity index (χ1v) is 5.76. The molecule has 0 saturated heterocycles. The zero-order valence-electron chi connectivity index (χ0n) is 8.55. The van der Waals surface area contributed by atoms with E-state index in [0.29, 0.717) is 5.56 Å². The number of unbranched alkanes of at least 4 members (excludes halogenated alkanes) is 1. The topological polar surface area (TPSA) is 26.0 Å². The molecule has 0 radical (unpaired) electrons. The summed E-state index contributed by atoms with van der Waals surface area (Å²) in [6, 6.07) is 4.67. The van der Waals surface area contributed by atoms with Crippen LogP contribution in [0.15, 0.2) is 35.3 Å². The van der Waals surface area contributed by atoms with Gasteiger partial charge in [-0.1, -0.05) is 28.1 Å². The molecular weight excluding hydrogens is 257 g/mol. The van der Waals surface area contributed by atoms with E-state index in [1.54, 1.807) is 6.07 Å². The van der Waals surface area contributed by atoms with Crippen molar-refractivity contribution in [3.63, 3.8) is 0 Å². The van der Waals surface area contributed by atoms with Crippen LogP contribution in [0.5, 0.6) is 0 Å². The molecule has 0 aromatic heterocycles. The molecule has 1 aromatic carbocycles. The predicted octanol–water partition coefficient (Wildman–Crippen LogP) is 3.94. The molecule has 0 aliphatic rings. The second-order valence-electron chi connectivity index (χ2n) is 3.46. The fraction of sp³-hybridized carbons (Fsp3) is 0.333. The molecule has 0 aliphatic heterocycles. The molecule has 3 heteroatoms. The van der Waals surface area contributed by atoms with Crippen molar-refractivity contribution in [3.05, 3.63) is 46.7 Å². The van der Waals surface area contributed by atoms with Crippen molar-refractivity contribution in [3.8, 4) is 0 Å². The highest BCUT2D eigenvalue weighted by Crippen LogP contribution is 2.27. The molecule has 0 bridgehead atoms. The maximum Gasteiger partial charge on any atom is 0.129 e. The molecule has 1 unspecified atom stereocenters. The molecule has 0 spiro atoms. The van der Waals surface area contributed by atoms with Gasteiger partial charge >= 0.3 is 0 Å². The summed E-state index contributed by atoms with van der Waals surface area (Å²) in [5, 5.41) is 0. The fourth-order valence-electron chi connectivity index (χ4n) is 1.49. The smallest absolute Gasteiger partial charge is 0.129 e. The van der Waals surface area contributed by atoms with Gasteiger partial charge in [-0.05, 0) is 31.4 Å². The van der Waals surface area contributed by atoms with Gasteiger partial charge in [-0.2, -0.15) is 0 Å². The van der Waals surface area contributed by atoms with Crippen LogP contribution < -0.4 is 5.73 Å². The van der Waals surface area contributed by atoms with Crippen LogP contribution in [0.25, 0.3) is 0 Å². The van der Waals surface area contributed by atoms with Crippen LogP contribution in [0.4, 0.5) is 4.39 Å². The van der Waals surface area contributed by atoms with Crippen LogP contribution in [0.2, 0.25) is 0 Å². The van der Waals surface area contributed by atoms with E-state index in [-0.39, 0.29) is 11.9 Å². The maximum absolute atomic E-state index is 13.5. The van der Waals surface area contributed by atoms with Gasteiger partial charge in [0.25, 0.3) is 0 Å². The first-order chi connectivity index (χ1) is 7.16. The summed E-state index contributed by atoms with van der Waals surface area (Å²) in [6.07, 6.45) is 4.47. The molecule has 1 rings (SSSR count). The zero-order valence-corrected chi connectivity index (χ0v) is 10.1. The van der Waals surface area contributed by atoms with E-state index < -0.39 is 0 Å². The van der Waals surface area contributed by atoms with E-state index >= 15 is 0 Å². The number of allylic oxidation sites excluding steroid dienone is 1. The lowest BCUT2D eigenvalue weighted by Crippen LogP contribution is -2.12. The molecule has 15 heavy (non-hydrogen) atoms. The molecule has 2 N–H and O–H groups in total. The average Bonchev–Trinajstić information content (AvgIpc) is 2.18. The van der Waals surface area contributed by atoms with E-state index in [0.717, 1.165) is 23.7 Å². The van der Waals surface area contributed by atoms with E-state index in [1.165, 1.54) is 6.07 Å². The number of benzene rings is 1. The molecule has 0 aliphatic carbocycles. The van der Waals surface area contributed by atoms with Crippen LogP contribution in [-0.2, 0) is 0 Å². The molecule has 1 aromatic rings. The molecule has 0 heterocycles. The van der Waals surface area contributed by atoms with Crippen LogP contribution in [-0.4, -0.2) is 0 Å². The lowest BCUT2D eigenvalue weighted by Gasteiger charge is -2.14. The standard InChI is InChI=1S/C12H15BrFN/c1-2-3-4-8-11(15)12-9(13)6-5-7-10(12)14/h2,5-7,11H,1,3-4,8,15H2. The van der Waals surface area contributed by atoms with Crippen molar-refractivity contribution in [1.29, 1.82) is 0 Å². The Bertz CT molecular complexity index is 318. The Morgan fingerprint density at radius 1 is 1.53 bits per heavy atom. The average molecular weight is 272 g/mol. The van der Waals surface area contributed by atoms with E-state index in [4.69, 9.17) is 5.73 Å². The molecule has 1 atom stereocenters. The van der Waals surface area contributed by atoms with Crippen LogP contribution in [0.1, 0.15) is 30.9 Å². The Kier molecular flexibility index (Phi) is 4.99. The Morgan fingerprint density at radius 3 is 2.87 bits per heavy atom. The van der Waals surface area contributed by atoms with Gasteiger partial charge in [-0.25, -0.2) is 4.39 Å². The van der Waals surface area contributed by atoms with Crippen molar-refractivity contribution >= 4 is 15.9 Å². The first kappa shape index (κ1) is 12.4. The molecule has 0 fully saturated rings. The van der Waals surface area contributed by atoms with Crippen molar-refractivity contribution in [2.24, 2.45) is 5.73 Å². The van der Waals surface area contributed by atoms with Gasteiger partial charge in [0.05, 0.1) is 0 Å². The third-order valence-corrected chi connectivity index (χ3v) is 2.99. The van der Waals surface area contributed by atoms with Gasteiger partial charge in [0, 0.05) is 16.1 Å². The van der Waals surface area contributed by atoms with Crippen LogP contribution in [0, 0.1) is 5.82 Å². The SMILES string of the molecule is C=CCCCC(N)c1c(F)cccc1Br. The normalized spacial score (nSPS) is 12.5. The summed E-state index contributed by atoms with van der Waals surface area (Å²) in [4.78, 5) is 0. The van der Waals surface area contributed by atoms with Gasteiger partial charge in [-0.3, -0.25) is 0 Å². The van der Waals surface area contributed by atoms with Crippen molar-refractivity contribution in [2.75, 3.05) is 0 Å². The number of halogens is 2. The summed E-state index contributed by atoms with van der Waals surface area (Å²) in [5.74, 6) is -0.240. The Labute approximate surface area is 98.3 Å². The van der Waals surface area contributed by atoms with Crippen LogP contribution >= 0.6 is 15.9 Å². The Hall–Kier alpha value is -0.670. The fourth-order valence-corrected chi connectivity index (χ4v) is 2.13. The van der Waals surface area contributed by atoms with Gasteiger partial charge < -0.3 is 5.73 Å². The second kappa shape index (κ2) is 6.03. The highest BCUT2D eigenvalue weighted by molar-refractivity contribution is 9.10. The zero-order chi connectivity index (χ0) is 11.3. The monoisotopic (exact) mass is 271 g/mol. The van der Waals surface area contributed by atoms with Crippen LogP contribution in [0.3, 0.4) is 0 Å². The Morgan fingerprint density at radius 2 is 2.27 bits per heavy atom. The highest BCUT2D eigenvalue weighted by Gasteiger charge is 2.13. The highest BCUT2D eigenvalue weighted by atomic mass is 79.9. The third kappa shape index (κ3) is 3.43. The summed E-state index contributed by atoms with van der Waals surface area (Å²) in [7, 11) is 0.